The van der Waals surface area contributed by atoms with E-state index in [1.54, 1.807) is 6.07 Å². The van der Waals surface area contributed by atoms with Crippen LogP contribution in [0.15, 0.2) is 34.9 Å². The minimum absolute atomic E-state index is 0.0747. The lowest BCUT2D eigenvalue weighted by Gasteiger charge is -2.16. The number of ether oxygens (including phenoxy) is 1. The number of alkyl halides is 2. The van der Waals surface area contributed by atoms with Gasteiger partial charge in [-0.3, -0.25) is 4.79 Å². The van der Waals surface area contributed by atoms with Crippen LogP contribution in [-0.4, -0.2) is 46.9 Å². The Hall–Kier alpha value is -2.48. The number of aliphatic hydroxyl groups excluding tert-OH is 1. The summed E-state index contributed by atoms with van der Waals surface area (Å²) in [5, 5.41) is 14.0. The molecule has 1 fully saturated rings. The summed E-state index contributed by atoms with van der Waals surface area (Å²) < 4.78 is 34.1. The number of carbonyl (C=O) groups is 1. The molecule has 1 saturated heterocycles. The van der Waals surface area contributed by atoms with Gasteiger partial charge in [-0.2, -0.15) is 8.78 Å². The van der Waals surface area contributed by atoms with Crippen LogP contribution in [0.4, 0.5) is 8.78 Å². The average molecular weight is 352 g/mol. The molecular weight excluding hydrogens is 334 g/mol. The number of benzene rings is 1. The van der Waals surface area contributed by atoms with Gasteiger partial charge in [-0.25, -0.2) is 0 Å². The lowest BCUT2D eigenvalue weighted by Crippen LogP contribution is -2.29. The van der Waals surface area contributed by atoms with Crippen molar-refractivity contribution in [3.63, 3.8) is 0 Å². The molecule has 0 radical (unpaired) electrons. The minimum atomic E-state index is -2.95. The molecule has 2 heterocycles. The summed E-state index contributed by atoms with van der Waals surface area (Å²) in [5.41, 5.74) is 0.993. The van der Waals surface area contributed by atoms with Crippen LogP contribution in [0.25, 0.3) is 0 Å². The second-order valence-electron chi connectivity index (χ2n) is 6.08. The van der Waals surface area contributed by atoms with E-state index in [1.165, 1.54) is 29.2 Å². The second kappa shape index (κ2) is 7.18. The van der Waals surface area contributed by atoms with Crippen molar-refractivity contribution in [2.45, 2.75) is 26.1 Å². The highest BCUT2D eigenvalue weighted by atomic mass is 19.3. The summed E-state index contributed by atoms with van der Waals surface area (Å²) in [4.78, 5) is 14.1. The zero-order valence-electron chi connectivity index (χ0n) is 13.6. The number of aliphatic hydroxyl groups is 1. The highest BCUT2D eigenvalue weighted by Gasteiger charge is 2.35. The molecule has 2 atom stereocenters. The van der Waals surface area contributed by atoms with Crippen LogP contribution in [0.1, 0.15) is 21.8 Å². The van der Waals surface area contributed by atoms with Gasteiger partial charge in [0.1, 0.15) is 11.5 Å². The molecule has 134 valence electrons. The number of amides is 1. The molecule has 1 N–H and O–H groups in total. The maximum Gasteiger partial charge on any atom is 0.387 e. The smallest absolute Gasteiger partial charge is 0.387 e. The monoisotopic (exact) mass is 352 g/mol. The fourth-order valence-electron chi connectivity index (χ4n) is 2.98. The second-order valence-corrected chi connectivity index (χ2v) is 6.08. The summed E-state index contributed by atoms with van der Waals surface area (Å²) >= 11 is 0. The largest absolute Gasteiger partial charge is 0.435 e. The SMILES string of the molecule is Cc1cc(C[C@@H]2CN(C(=O)c3cccc(OC(F)F)c3)C[C@@H]2O)on1. The lowest BCUT2D eigenvalue weighted by molar-refractivity contribution is -0.0499. The molecule has 1 amide bonds. The summed E-state index contributed by atoms with van der Waals surface area (Å²) in [7, 11) is 0. The summed E-state index contributed by atoms with van der Waals surface area (Å²) in [6, 6.07) is 7.43. The number of carbonyl (C=O) groups excluding carboxylic acids is 1. The van der Waals surface area contributed by atoms with Crippen molar-refractivity contribution >= 4 is 5.91 Å². The molecule has 1 aromatic carbocycles. The Bertz CT molecular complexity index is 750. The zero-order valence-corrected chi connectivity index (χ0v) is 13.6. The van der Waals surface area contributed by atoms with Crippen molar-refractivity contribution in [1.82, 2.24) is 10.1 Å². The third-order valence-electron chi connectivity index (χ3n) is 4.14. The Morgan fingerprint density at radius 1 is 1.44 bits per heavy atom. The van der Waals surface area contributed by atoms with Gasteiger partial charge in [0.05, 0.1) is 11.8 Å². The van der Waals surface area contributed by atoms with Crippen LogP contribution in [-0.2, 0) is 6.42 Å². The molecule has 0 aliphatic carbocycles. The van der Waals surface area contributed by atoms with E-state index in [0.29, 0.717) is 18.7 Å². The first-order valence-corrected chi connectivity index (χ1v) is 7.87. The molecule has 6 nitrogen and oxygen atoms in total. The predicted octanol–water partition coefficient (Wildman–Crippen LogP) is 2.26. The number of aryl methyl sites for hydroxylation is 1. The number of halogens is 2. The number of likely N-dealkylation sites (tertiary alicyclic amines) is 1. The highest BCUT2D eigenvalue weighted by molar-refractivity contribution is 5.94. The fourth-order valence-corrected chi connectivity index (χ4v) is 2.98. The van der Waals surface area contributed by atoms with Crippen molar-refractivity contribution in [2.24, 2.45) is 5.92 Å². The van der Waals surface area contributed by atoms with Crippen LogP contribution < -0.4 is 4.74 Å². The molecule has 0 spiro atoms. The van der Waals surface area contributed by atoms with E-state index in [2.05, 4.69) is 9.89 Å². The normalized spacial score (nSPS) is 20.3. The van der Waals surface area contributed by atoms with Gasteiger partial charge in [0.25, 0.3) is 5.91 Å². The summed E-state index contributed by atoms with van der Waals surface area (Å²) in [5.74, 6) is 0.0734. The van der Waals surface area contributed by atoms with Crippen molar-refractivity contribution < 1.29 is 27.9 Å². The van der Waals surface area contributed by atoms with Crippen molar-refractivity contribution in [3.8, 4) is 5.75 Å². The molecule has 25 heavy (non-hydrogen) atoms. The Morgan fingerprint density at radius 2 is 2.24 bits per heavy atom. The fraction of sp³-hybridized carbons (Fsp3) is 0.412. The maximum atomic E-state index is 12.6. The van der Waals surface area contributed by atoms with Gasteiger partial charge in [-0.15, -0.1) is 0 Å². The minimum Gasteiger partial charge on any atom is -0.435 e. The zero-order chi connectivity index (χ0) is 18.0. The first-order chi connectivity index (χ1) is 11.9. The van der Waals surface area contributed by atoms with E-state index in [0.717, 1.165) is 5.69 Å². The first kappa shape index (κ1) is 17.3. The Balaban J connectivity index is 1.67. The van der Waals surface area contributed by atoms with E-state index < -0.39 is 12.7 Å². The van der Waals surface area contributed by atoms with Gasteiger partial charge >= 0.3 is 6.61 Å². The number of aromatic nitrogens is 1. The number of rotatable bonds is 5. The average Bonchev–Trinajstić information content (AvgIpc) is 3.13. The molecule has 1 aliphatic rings. The van der Waals surface area contributed by atoms with Crippen LogP contribution in [0.5, 0.6) is 5.75 Å². The van der Waals surface area contributed by atoms with E-state index in [1.807, 2.05) is 6.92 Å². The van der Waals surface area contributed by atoms with Crippen molar-refractivity contribution in [1.29, 1.82) is 0 Å². The van der Waals surface area contributed by atoms with Gasteiger partial charge in [0.2, 0.25) is 0 Å². The summed E-state index contributed by atoms with van der Waals surface area (Å²) in [6.45, 7) is -0.618. The van der Waals surface area contributed by atoms with Crippen LogP contribution in [0.3, 0.4) is 0 Å². The lowest BCUT2D eigenvalue weighted by atomic mass is 10.0. The first-order valence-electron chi connectivity index (χ1n) is 7.87. The number of β-amino-alcohol motifs (C(OH)–C–C–N with tert-alkyl or cyclic N) is 1. The van der Waals surface area contributed by atoms with Gasteiger partial charge in [-0.1, -0.05) is 11.2 Å². The van der Waals surface area contributed by atoms with E-state index in [-0.39, 0.29) is 29.7 Å². The standard InChI is InChI=1S/C17H18F2N2O4/c1-10-5-14(25-20-10)7-12-8-21(9-15(12)22)16(23)11-3-2-4-13(6-11)24-17(18)19/h2-6,12,15,17,22H,7-9H2,1H3/t12-,15+/m1/s1. The van der Waals surface area contributed by atoms with Crippen molar-refractivity contribution in [2.75, 3.05) is 13.1 Å². The van der Waals surface area contributed by atoms with Crippen LogP contribution in [0.2, 0.25) is 0 Å². The Labute approximate surface area is 143 Å². The Kier molecular flexibility index (Phi) is 4.98. The molecule has 0 bridgehead atoms. The Morgan fingerprint density at radius 3 is 2.92 bits per heavy atom. The van der Waals surface area contributed by atoms with E-state index in [4.69, 9.17) is 4.52 Å². The predicted molar refractivity (Wildman–Crippen MR) is 83.4 cm³/mol. The van der Waals surface area contributed by atoms with Crippen LogP contribution >= 0.6 is 0 Å². The van der Waals surface area contributed by atoms with Gasteiger partial charge in [0, 0.05) is 37.1 Å². The quantitative estimate of drug-likeness (QED) is 0.893. The third kappa shape index (κ3) is 4.14. The number of hydrogen-bond acceptors (Lipinski definition) is 5. The molecular formula is C17H18F2N2O4. The molecule has 0 saturated carbocycles. The molecule has 8 heteroatoms. The summed E-state index contributed by atoms with van der Waals surface area (Å²) in [6.07, 6.45) is -0.213. The van der Waals surface area contributed by atoms with Gasteiger partial charge in [-0.05, 0) is 25.1 Å². The third-order valence-corrected chi connectivity index (χ3v) is 4.14. The molecule has 3 rings (SSSR count). The maximum absolute atomic E-state index is 12.6. The number of hydrogen-bond donors (Lipinski definition) is 1. The van der Waals surface area contributed by atoms with Crippen molar-refractivity contribution in [3.05, 3.63) is 47.3 Å². The molecule has 1 aromatic heterocycles. The molecule has 2 aromatic rings. The number of nitrogens with zero attached hydrogens (tertiary/aromatic N) is 2. The molecule has 1 aliphatic heterocycles. The highest BCUT2D eigenvalue weighted by Crippen LogP contribution is 2.25. The van der Waals surface area contributed by atoms with Gasteiger partial charge in [0.15, 0.2) is 0 Å². The van der Waals surface area contributed by atoms with Gasteiger partial charge < -0.3 is 19.3 Å². The molecule has 0 unspecified atom stereocenters. The van der Waals surface area contributed by atoms with E-state index >= 15 is 0 Å². The van der Waals surface area contributed by atoms with Crippen LogP contribution in [0, 0.1) is 12.8 Å². The topological polar surface area (TPSA) is 75.8 Å². The van der Waals surface area contributed by atoms with E-state index in [9.17, 15) is 18.7 Å².